The standard InChI is InChI=1S/C17H24N2O2/c1-13-6-4-5-11-19(13)17(20)12-21-16-9-10-18-15-8-3-2-7-14(15)16/h9-10,13H,2-8,11-12H2,1H3. The number of carbonyl (C=O) groups is 1. The van der Waals surface area contributed by atoms with Crippen LogP contribution in [-0.4, -0.2) is 35.0 Å². The Morgan fingerprint density at radius 2 is 2.19 bits per heavy atom. The minimum atomic E-state index is 0.114. The fraction of sp³-hybridized carbons (Fsp3) is 0.647. The highest BCUT2D eigenvalue weighted by Crippen LogP contribution is 2.28. The van der Waals surface area contributed by atoms with Gasteiger partial charge in [0.25, 0.3) is 5.91 Å². The van der Waals surface area contributed by atoms with Crippen LogP contribution in [0.5, 0.6) is 5.75 Å². The summed E-state index contributed by atoms with van der Waals surface area (Å²) in [5.41, 5.74) is 2.36. The summed E-state index contributed by atoms with van der Waals surface area (Å²) >= 11 is 0. The Morgan fingerprint density at radius 1 is 1.33 bits per heavy atom. The van der Waals surface area contributed by atoms with E-state index in [1.54, 1.807) is 6.20 Å². The molecule has 4 nitrogen and oxygen atoms in total. The highest BCUT2D eigenvalue weighted by atomic mass is 16.5. The molecule has 1 saturated heterocycles. The summed E-state index contributed by atoms with van der Waals surface area (Å²) in [5, 5.41) is 0. The average Bonchev–Trinajstić information content (AvgIpc) is 2.53. The summed E-state index contributed by atoms with van der Waals surface area (Å²) in [7, 11) is 0. The van der Waals surface area contributed by atoms with Crippen molar-refractivity contribution in [3.8, 4) is 5.75 Å². The summed E-state index contributed by atoms with van der Waals surface area (Å²) < 4.78 is 5.84. The number of ether oxygens (including phenoxy) is 1. The first-order chi connectivity index (χ1) is 10.3. The lowest BCUT2D eigenvalue weighted by atomic mass is 9.95. The SMILES string of the molecule is CC1CCCCN1C(=O)COc1ccnc2c1CCCC2. The van der Waals surface area contributed by atoms with Crippen molar-refractivity contribution < 1.29 is 9.53 Å². The fourth-order valence-corrected chi connectivity index (χ4v) is 3.42. The second-order valence-corrected chi connectivity index (χ2v) is 6.16. The molecule has 0 spiro atoms. The van der Waals surface area contributed by atoms with Crippen LogP contribution in [0.1, 0.15) is 50.3 Å². The van der Waals surface area contributed by atoms with Crippen LogP contribution in [0.2, 0.25) is 0 Å². The number of fused-ring (bicyclic) bond motifs is 1. The lowest BCUT2D eigenvalue weighted by Crippen LogP contribution is -2.44. The number of rotatable bonds is 3. The molecule has 21 heavy (non-hydrogen) atoms. The molecule has 0 radical (unpaired) electrons. The number of pyridine rings is 1. The van der Waals surface area contributed by atoms with E-state index in [0.717, 1.165) is 43.7 Å². The molecule has 0 N–H and O–H groups in total. The molecule has 1 atom stereocenters. The van der Waals surface area contributed by atoms with Gasteiger partial charge in [0.15, 0.2) is 6.61 Å². The van der Waals surface area contributed by atoms with Gasteiger partial charge >= 0.3 is 0 Å². The van der Waals surface area contributed by atoms with Crippen LogP contribution in [0, 0.1) is 0 Å². The molecule has 3 rings (SSSR count). The molecule has 1 amide bonds. The number of aryl methyl sites for hydroxylation is 1. The Balaban J connectivity index is 1.63. The maximum atomic E-state index is 12.3. The third-order valence-corrected chi connectivity index (χ3v) is 4.67. The predicted molar refractivity (Wildman–Crippen MR) is 81.4 cm³/mol. The molecule has 2 aliphatic rings. The van der Waals surface area contributed by atoms with Crippen molar-refractivity contribution in [2.45, 2.75) is 57.9 Å². The highest BCUT2D eigenvalue weighted by molar-refractivity contribution is 5.78. The number of hydrogen-bond donors (Lipinski definition) is 0. The summed E-state index contributed by atoms with van der Waals surface area (Å²) in [6.45, 7) is 3.16. The summed E-state index contributed by atoms with van der Waals surface area (Å²) in [6, 6.07) is 2.25. The van der Waals surface area contributed by atoms with Crippen LogP contribution in [-0.2, 0) is 17.6 Å². The maximum absolute atomic E-state index is 12.3. The van der Waals surface area contributed by atoms with E-state index in [1.165, 1.54) is 24.8 Å². The summed E-state index contributed by atoms with van der Waals surface area (Å²) in [4.78, 5) is 18.7. The van der Waals surface area contributed by atoms with Crippen molar-refractivity contribution >= 4 is 5.91 Å². The van der Waals surface area contributed by atoms with Crippen LogP contribution in [0.3, 0.4) is 0 Å². The Bertz CT molecular complexity index is 516. The van der Waals surface area contributed by atoms with Crippen LogP contribution in [0.4, 0.5) is 0 Å². The Morgan fingerprint density at radius 3 is 3.05 bits per heavy atom. The number of hydrogen-bond acceptors (Lipinski definition) is 3. The smallest absolute Gasteiger partial charge is 0.260 e. The molecular formula is C17H24N2O2. The van der Waals surface area contributed by atoms with E-state index in [4.69, 9.17) is 4.74 Å². The molecule has 1 aliphatic carbocycles. The van der Waals surface area contributed by atoms with Crippen LogP contribution in [0.15, 0.2) is 12.3 Å². The van der Waals surface area contributed by atoms with Gasteiger partial charge in [-0.2, -0.15) is 0 Å². The average molecular weight is 288 g/mol. The summed E-state index contributed by atoms with van der Waals surface area (Å²) in [6.07, 6.45) is 9.69. The van der Waals surface area contributed by atoms with Crippen molar-refractivity contribution in [3.05, 3.63) is 23.5 Å². The van der Waals surface area contributed by atoms with Gasteiger partial charge in [-0.3, -0.25) is 9.78 Å². The molecule has 1 unspecified atom stereocenters. The lowest BCUT2D eigenvalue weighted by Gasteiger charge is -2.33. The molecule has 0 bridgehead atoms. The van der Waals surface area contributed by atoms with E-state index in [-0.39, 0.29) is 12.5 Å². The zero-order valence-corrected chi connectivity index (χ0v) is 12.8. The van der Waals surface area contributed by atoms with E-state index in [1.807, 2.05) is 11.0 Å². The topological polar surface area (TPSA) is 42.4 Å². The second-order valence-electron chi connectivity index (χ2n) is 6.16. The largest absolute Gasteiger partial charge is 0.483 e. The molecule has 1 aliphatic heterocycles. The van der Waals surface area contributed by atoms with Crippen LogP contribution < -0.4 is 4.74 Å². The molecule has 0 aromatic carbocycles. The number of likely N-dealkylation sites (tertiary alicyclic amines) is 1. The first kappa shape index (κ1) is 14.4. The third kappa shape index (κ3) is 3.20. The molecule has 0 saturated carbocycles. The van der Waals surface area contributed by atoms with Crippen molar-refractivity contribution in [3.63, 3.8) is 0 Å². The number of piperidine rings is 1. The molecule has 1 aromatic rings. The van der Waals surface area contributed by atoms with Gasteiger partial charge in [-0.05, 0) is 57.9 Å². The Hall–Kier alpha value is -1.58. The molecule has 1 aromatic heterocycles. The monoisotopic (exact) mass is 288 g/mol. The minimum absolute atomic E-state index is 0.114. The minimum Gasteiger partial charge on any atom is -0.483 e. The zero-order valence-electron chi connectivity index (χ0n) is 12.8. The van der Waals surface area contributed by atoms with Crippen molar-refractivity contribution in [1.82, 2.24) is 9.88 Å². The van der Waals surface area contributed by atoms with Gasteiger partial charge in [0, 0.05) is 30.0 Å². The quantitative estimate of drug-likeness (QED) is 0.859. The zero-order chi connectivity index (χ0) is 14.7. The predicted octanol–water partition coefficient (Wildman–Crippen LogP) is 2.74. The number of aromatic nitrogens is 1. The van der Waals surface area contributed by atoms with Gasteiger partial charge in [0.05, 0.1) is 0 Å². The fourth-order valence-electron chi connectivity index (χ4n) is 3.42. The van der Waals surface area contributed by atoms with Gasteiger partial charge in [-0.25, -0.2) is 0 Å². The van der Waals surface area contributed by atoms with E-state index in [2.05, 4.69) is 11.9 Å². The van der Waals surface area contributed by atoms with Gasteiger partial charge in [-0.1, -0.05) is 0 Å². The second kappa shape index (κ2) is 6.46. The van der Waals surface area contributed by atoms with Crippen molar-refractivity contribution in [2.24, 2.45) is 0 Å². The molecular weight excluding hydrogens is 264 g/mol. The first-order valence-electron chi connectivity index (χ1n) is 8.15. The normalized spacial score (nSPS) is 21.8. The third-order valence-electron chi connectivity index (χ3n) is 4.67. The van der Waals surface area contributed by atoms with Gasteiger partial charge in [0.2, 0.25) is 0 Å². The maximum Gasteiger partial charge on any atom is 0.260 e. The number of carbonyl (C=O) groups excluding carboxylic acids is 1. The van der Waals surface area contributed by atoms with Crippen molar-refractivity contribution in [1.29, 1.82) is 0 Å². The molecule has 114 valence electrons. The number of amides is 1. The number of nitrogens with zero attached hydrogens (tertiary/aromatic N) is 2. The Labute approximate surface area is 126 Å². The van der Waals surface area contributed by atoms with Gasteiger partial charge in [-0.15, -0.1) is 0 Å². The Kier molecular flexibility index (Phi) is 4.42. The van der Waals surface area contributed by atoms with Crippen LogP contribution >= 0.6 is 0 Å². The lowest BCUT2D eigenvalue weighted by molar-refractivity contribution is -0.136. The van der Waals surface area contributed by atoms with Crippen LogP contribution in [0.25, 0.3) is 0 Å². The molecule has 4 heteroatoms. The summed E-state index contributed by atoms with van der Waals surface area (Å²) in [5.74, 6) is 0.973. The van der Waals surface area contributed by atoms with E-state index >= 15 is 0 Å². The van der Waals surface area contributed by atoms with E-state index in [9.17, 15) is 4.79 Å². The van der Waals surface area contributed by atoms with Gasteiger partial charge < -0.3 is 9.64 Å². The van der Waals surface area contributed by atoms with E-state index < -0.39 is 0 Å². The van der Waals surface area contributed by atoms with E-state index in [0.29, 0.717) is 6.04 Å². The van der Waals surface area contributed by atoms with Crippen molar-refractivity contribution in [2.75, 3.05) is 13.2 Å². The molecule has 1 fully saturated rings. The van der Waals surface area contributed by atoms with Gasteiger partial charge in [0.1, 0.15) is 5.75 Å². The first-order valence-corrected chi connectivity index (χ1v) is 8.15. The highest BCUT2D eigenvalue weighted by Gasteiger charge is 2.24. The molecule has 2 heterocycles.